The maximum absolute atomic E-state index is 12.6. The molecule has 0 aliphatic carbocycles. The Morgan fingerprint density at radius 3 is 2.62 bits per heavy atom. The number of anilines is 1. The van der Waals surface area contributed by atoms with Gasteiger partial charge in [-0.05, 0) is 65.8 Å². The number of carbonyl (C=O) groups is 2. The SMILES string of the molecule is O=C(Nc1ccc(I)cc1Cl)C1CCCN1C(=O)c1ccccc1. The number of benzene rings is 2. The summed E-state index contributed by atoms with van der Waals surface area (Å²) in [5, 5.41) is 3.34. The van der Waals surface area contributed by atoms with Crippen LogP contribution < -0.4 is 5.32 Å². The summed E-state index contributed by atoms with van der Waals surface area (Å²) in [5.41, 5.74) is 1.17. The largest absolute Gasteiger partial charge is 0.327 e. The van der Waals surface area contributed by atoms with Crippen LogP contribution in [-0.2, 0) is 4.79 Å². The molecule has 1 fully saturated rings. The summed E-state index contributed by atoms with van der Waals surface area (Å²) in [4.78, 5) is 26.9. The lowest BCUT2D eigenvalue weighted by Gasteiger charge is -2.24. The molecule has 1 saturated heterocycles. The fourth-order valence-corrected chi connectivity index (χ4v) is 3.74. The maximum Gasteiger partial charge on any atom is 0.254 e. The Balaban J connectivity index is 1.75. The second-order valence-electron chi connectivity index (χ2n) is 5.64. The lowest BCUT2D eigenvalue weighted by molar-refractivity contribution is -0.119. The summed E-state index contributed by atoms with van der Waals surface area (Å²) in [7, 11) is 0. The van der Waals surface area contributed by atoms with Crippen molar-refractivity contribution in [3.05, 3.63) is 62.7 Å². The molecule has 0 saturated carbocycles. The van der Waals surface area contributed by atoms with Gasteiger partial charge in [0, 0.05) is 15.7 Å². The molecule has 1 aliphatic heterocycles. The molecule has 124 valence electrons. The van der Waals surface area contributed by atoms with Crippen molar-refractivity contribution >= 4 is 51.7 Å². The topological polar surface area (TPSA) is 49.4 Å². The third-order valence-corrected chi connectivity index (χ3v) is 5.01. The fraction of sp³-hybridized carbons (Fsp3) is 0.222. The molecule has 24 heavy (non-hydrogen) atoms. The standard InChI is InChI=1S/C18H16ClIN2O2/c19-14-11-13(20)8-9-15(14)21-17(23)16-7-4-10-22(16)18(24)12-5-2-1-3-6-12/h1-3,5-6,8-9,11,16H,4,7,10H2,(H,21,23). The highest BCUT2D eigenvalue weighted by atomic mass is 127. The van der Waals surface area contributed by atoms with Gasteiger partial charge in [-0.1, -0.05) is 29.8 Å². The third kappa shape index (κ3) is 3.72. The quantitative estimate of drug-likeness (QED) is 0.707. The van der Waals surface area contributed by atoms with Crippen molar-refractivity contribution in [2.45, 2.75) is 18.9 Å². The van der Waals surface area contributed by atoms with Gasteiger partial charge in [-0.3, -0.25) is 9.59 Å². The second kappa shape index (κ2) is 7.53. The maximum atomic E-state index is 12.6. The number of nitrogens with one attached hydrogen (secondary N) is 1. The zero-order valence-electron chi connectivity index (χ0n) is 12.8. The first-order valence-electron chi connectivity index (χ1n) is 7.68. The highest BCUT2D eigenvalue weighted by Gasteiger charge is 2.34. The number of nitrogens with zero attached hydrogens (tertiary/aromatic N) is 1. The van der Waals surface area contributed by atoms with Crippen molar-refractivity contribution < 1.29 is 9.59 Å². The summed E-state index contributed by atoms with van der Waals surface area (Å²) in [6.45, 7) is 0.590. The van der Waals surface area contributed by atoms with Gasteiger partial charge in [-0.2, -0.15) is 0 Å². The molecule has 0 bridgehead atoms. The fourth-order valence-electron chi connectivity index (χ4n) is 2.84. The van der Waals surface area contributed by atoms with E-state index >= 15 is 0 Å². The van der Waals surface area contributed by atoms with Crippen molar-refractivity contribution in [2.75, 3.05) is 11.9 Å². The van der Waals surface area contributed by atoms with Gasteiger partial charge in [0.15, 0.2) is 0 Å². The van der Waals surface area contributed by atoms with Crippen molar-refractivity contribution in [2.24, 2.45) is 0 Å². The molecule has 4 nitrogen and oxygen atoms in total. The molecular weight excluding hydrogens is 439 g/mol. The minimum absolute atomic E-state index is 0.109. The number of hydrogen-bond donors (Lipinski definition) is 1. The van der Waals surface area contributed by atoms with E-state index < -0.39 is 6.04 Å². The number of halogens is 2. The zero-order chi connectivity index (χ0) is 17.1. The molecule has 2 aromatic rings. The lowest BCUT2D eigenvalue weighted by atomic mass is 10.1. The van der Waals surface area contributed by atoms with Gasteiger partial charge in [-0.15, -0.1) is 0 Å². The monoisotopic (exact) mass is 454 g/mol. The number of rotatable bonds is 3. The third-order valence-electron chi connectivity index (χ3n) is 4.03. The number of carbonyl (C=O) groups excluding carboxylic acids is 2. The van der Waals surface area contributed by atoms with E-state index in [9.17, 15) is 9.59 Å². The van der Waals surface area contributed by atoms with Gasteiger partial charge in [0.25, 0.3) is 5.91 Å². The lowest BCUT2D eigenvalue weighted by Crippen LogP contribution is -2.43. The summed E-state index contributed by atoms with van der Waals surface area (Å²) in [6, 6.07) is 14.0. The minimum Gasteiger partial charge on any atom is -0.327 e. The van der Waals surface area contributed by atoms with Crippen LogP contribution >= 0.6 is 34.2 Å². The Kier molecular flexibility index (Phi) is 5.40. The second-order valence-corrected chi connectivity index (χ2v) is 7.29. The molecule has 0 aromatic heterocycles. The Morgan fingerprint density at radius 1 is 1.17 bits per heavy atom. The highest BCUT2D eigenvalue weighted by Crippen LogP contribution is 2.26. The van der Waals surface area contributed by atoms with Crippen LogP contribution in [0.5, 0.6) is 0 Å². The van der Waals surface area contributed by atoms with Crippen molar-refractivity contribution in [1.29, 1.82) is 0 Å². The van der Waals surface area contributed by atoms with E-state index in [1.54, 1.807) is 29.2 Å². The number of hydrogen-bond acceptors (Lipinski definition) is 2. The first-order valence-corrected chi connectivity index (χ1v) is 9.14. The Bertz CT molecular complexity index is 767. The molecular formula is C18H16ClIN2O2. The number of likely N-dealkylation sites (tertiary alicyclic amines) is 1. The molecule has 6 heteroatoms. The van der Waals surface area contributed by atoms with Crippen LogP contribution in [0.4, 0.5) is 5.69 Å². The molecule has 1 atom stereocenters. The van der Waals surface area contributed by atoms with E-state index in [1.807, 2.05) is 24.3 Å². The molecule has 1 N–H and O–H groups in total. The first kappa shape index (κ1) is 17.2. The van der Waals surface area contributed by atoms with Crippen molar-refractivity contribution in [1.82, 2.24) is 4.90 Å². The van der Waals surface area contributed by atoms with Crippen LogP contribution in [0, 0.1) is 3.57 Å². The van der Waals surface area contributed by atoms with Crippen LogP contribution in [0.2, 0.25) is 5.02 Å². The van der Waals surface area contributed by atoms with Crippen molar-refractivity contribution in [3.63, 3.8) is 0 Å². The van der Waals surface area contributed by atoms with Gasteiger partial charge >= 0.3 is 0 Å². The van der Waals surface area contributed by atoms with Crippen LogP contribution in [0.15, 0.2) is 48.5 Å². The normalized spacial score (nSPS) is 16.9. The van der Waals surface area contributed by atoms with Gasteiger partial charge in [0.05, 0.1) is 10.7 Å². The van der Waals surface area contributed by atoms with Gasteiger partial charge < -0.3 is 10.2 Å². The zero-order valence-corrected chi connectivity index (χ0v) is 15.8. The van der Waals surface area contributed by atoms with Gasteiger partial charge in [0.2, 0.25) is 5.91 Å². The average molecular weight is 455 g/mol. The molecule has 2 amide bonds. The van der Waals surface area contributed by atoms with Gasteiger partial charge in [-0.25, -0.2) is 0 Å². The van der Waals surface area contributed by atoms with Crippen LogP contribution in [0.1, 0.15) is 23.2 Å². The molecule has 1 aliphatic rings. The van der Waals surface area contributed by atoms with E-state index in [0.29, 0.717) is 29.2 Å². The average Bonchev–Trinajstić information content (AvgIpc) is 3.07. The Hall–Kier alpha value is -1.60. The summed E-state index contributed by atoms with van der Waals surface area (Å²) in [6.07, 6.45) is 1.48. The Labute approximate surface area is 159 Å². The van der Waals surface area contributed by atoms with E-state index in [4.69, 9.17) is 11.6 Å². The molecule has 0 radical (unpaired) electrons. The number of amides is 2. The van der Waals surface area contributed by atoms with E-state index in [0.717, 1.165) is 9.99 Å². The predicted molar refractivity (Wildman–Crippen MR) is 103 cm³/mol. The highest BCUT2D eigenvalue weighted by molar-refractivity contribution is 14.1. The molecule has 3 rings (SSSR count). The van der Waals surface area contributed by atoms with Crippen LogP contribution in [-0.4, -0.2) is 29.3 Å². The minimum atomic E-state index is -0.465. The summed E-state index contributed by atoms with van der Waals surface area (Å²) in [5.74, 6) is -0.304. The van der Waals surface area contributed by atoms with Gasteiger partial charge in [0.1, 0.15) is 6.04 Å². The molecule has 1 unspecified atom stereocenters. The predicted octanol–water partition coefficient (Wildman–Crippen LogP) is 4.19. The van der Waals surface area contributed by atoms with E-state index in [-0.39, 0.29) is 11.8 Å². The van der Waals surface area contributed by atoms with Crippen molar-refractivity contribution in [3.8, 4) is 0 Å². The first-order chi connectivity index (χ1) is 11.6. The van der Waals surface area contributed by atoms with Crippen LogP contribution in [0.3, 0.4) is 0 Å². The Morgan fingerprint density at radius 2 is 1.92 bits per heavy atom. The summed E-state index contributed by atoms with van der Waals surface area (Å²) < 4.78 is 0.998. The van der Waals surface area contributed by atoms with E-state index in [1.165, 1.54) is 0 Å². The molecule has 0 spiro atoms. The molecule has 1 heterocycles. The smallest absolute Gasteiger partial charge is 0.254 e. The van der Waals surface area contributed by atoms with Crippen LogP contribution in [0.25, 0.3) is 0 Å². The molecule has 2 aromatic carbocycles. The summed E-state index contributed by atoms with van der Waals surface area (Å²) >= 11 is 8.34. The van der Waals surface area contributed by atoms with E-state index in [2.05, 4.69) is 27.9 Å².